The fraction of sp³-hybridized carbons (Fsp3) is 0.200. The third-order valence-corrected chi connectivity index (χ3v) is 2.67. The number of hydrogen-bond acceptors (Lipinski definition) is 8. The maximum Gasteiger partial charge on any atom is 0.296 e. The zero-order valence-corrected chi connectivity index (χ0v) is 10.3. The SMILES string of the molecule is CC(Nc1nc2cc([N+](=O)[O-])ccc2o1)c1nn[nH]n1. The second-order valence-corrected chi connectivity index (χ2v) is 4.06. The van der Waals surface area contributed by atoms with Crippen LogP contribution >= 0.6 is 0 Å². The van der Waals surface area contributed by atoms with Crippen LogP contribution in [0.25, 0.3) is 11.1 Å². The van der Waals surface area contributed by atoms with Crippen molar-refractivity contribution in [2.75, 3.05) is 5.32 Å². The molecule has 0 aliphatic carbocycles. The Labute approximate surface area is 111 Å². The summed E-state index contributed by atoms with van der Waals surface area (Å²) in [5.74, 6) is 0.457. The minimum absolute atomic E-state index is 0.0384. The van der Waals surface area contributed by atoms with Gasteiger partial charge in [0.2, 0.25) is 0 Å². The van der Waals surface area contributed by atoms with Crippen LogP contribution in [0.15, 0.2) is 22.6 Å². The number of aromatic nitrogens is 5. The second kappa shape index (κ2) is 4.57. The first-order valence-electron chi connectivity index (χ1n) is 5.68. The number of nitrogens with zero attached hydrogens (tertiary/aromatic N) is 5. The van der Waals surface area contributed by atoms with Gasteiger partial charge in [0.25, 0.3) is 11.7 Å². The number of tetrazole rings is 1. The first-order valence-corrected chi connectivity index (χ1v) is 5.68. The smallest absolute Gasteiger partial charge is 0.296 e. The van der Waals surface area contributed by atoms with Gasteiger partial charge in [-0.15, -0.1) is 10.2 Å². The number of anilines is 1. The molecule has 102 valence electrons. The largest absolute Gasteiger partial charge is 0.424 e. The van der Waals surface area contributed by atoms with Gasteiger partial charge in [-0.1, -0.05) is 5.21 Å². The molecule has 3 aromatic rings. The molecular formula is C10H9N7O3. The summed E-state index contributed by atoms with van der Waals surface area (Å²) in [6.07, 6.45) is 0. The number of nitro groups is 1. The summed E-state index contributed by atoms with van der Waals surface area (Å²) in [5.41, 5.74) is 0.823. The van der Waals surface area contributed by atoms with E-state index in [-0.39, 0.29) is 17.7 Å². The van der Waals surface area contributed by atoms with E-state index in [1.54, 1.807) is 0 Å². The van der Waals surface area contributed by atoms with Crippen LogP contribution in [0.1, 0.15) is 18.8 Å². The van der Waals surface area contributed by atoms with E-state index in [1.807, 2.05) is 6.92 Å². The van der Waals surface area contributed by atoms with E-state index in [1.165, 1.54) is 18.2 Å². The average Bonchev–Trinajstić information content (AvgIpc) is 3.06. The number of hydrogen-bond donors (Lipinski definition) is 2. The molecule has 0 radical (unpaired) electrons. The zero-order chi connectivity index (χ0) is 14.1. The van der Waals surface area contributed by atoms with Crippen LogP contribution in [-0.4, -0.2) is 30.5 Å². The van der Waals surface area contributed by atoms with Crippen LogP contribution in [0.2, 0.25) is 0 Å². The lowest BCUT2D eigenvalue weighted by molar-refractivity contribution is -0.384. The summed E-state index contributed by atoms with van der Waals surface area (Å²) in [4.78, 5) is 14.3. The Morgan fingerprint density at radius 1 is 1.50 bits per heavy atom. The number of non-ortho nitro benzene ring substituents is 1. The Morgan fingerprint density at radius 2 is 2.35 bits per heavy atom. The molecule has 2 heterocycles. The highest BCUT2D eigenvalue weighted by Gasteiger charge is 2.15. The summed E-state index contributed by atoms with van der Waals surface area (Å²) in [7, 11) is 0. The minimum Gasteiger partial charge on any atom is -0.424 e. The van der Waals surface area contributed by atoms with Gasteiger partial charge in [-0.2, -0.15) is 10.2 Å². The Hall–Kier alpha value is -3.04. The summed E-state index contributed by atoms with van der Waals surface area (Å²) in [5, 5.41) is 27.1. The van der Waals surface area contributed by atoms with Gasteiger partial charge in [-0.05, 0) is 13.0 Å². The van der Waals surface area contributed by atoms with Crippen LogP contribution in [0.4, 0.5) is 11.7 Å². The van der Waals surface area contributed by atoms with Gasteiger partial charge in [-0.25, -0.2) is 0 Å². The van der Waals surface area contributed by atoms with Crippen molar-refractivity contribution in [1.29, 1.82) is 0 Å². The number of oxazole rings is 1. The van der Waals surface area contributed by atoms with E-state index in [4.69, 9.17) is 4.42 Å². The highest BCUT2D eigenvalue weighted by Crippen LogP contribution is 2.25. The van der Waals surface area contributed by atoms with Gasteiger partial charge in [0.15, 0.2) is 11.4 Å². The maximum absolute atomic E-state index is 10.7. The van der Waals surface area contributed by atoms with Crippen molar-refractivity contribution in [2.45, 2.75) is 13.0 Å². The number of nitrogens with one attached hydrogen (secondary N) is 2. The molecule has 3 rings (SSSR count). The van der Waals surface area contributed by atoms with E-state index >= 15 is 0 Å². The lowest BCUT2D eigenvalue weighted by Gasteiger charge is -2.05. The zero-order valence-electron chi connectivity index (χ0n) is 10.3. The molecule has 0 saturated carbocycles. The normalized spacial score (nSPS) is 12.4. The molecular weight excluding hydrogens is 266 g/mol. The minimum atomic E-state index is -0.483. The standard InChI is InChI=1S/C10H9N7O3/c1-5(9-13-15-16-14-9)11-10-12-7-4-6(17(18)19)2-3-8(7)20-10/h2-5H,1H3,(H,11,12)(H,13,14,15,16). The van der Waals surface area contributed by atoms with E-state index in [0.29, 0.717) is 16.9 Å². The quantitative estimate of drug-likeness (QED) is 0.539. The number of fused-ring (bicyclic) bond motifs is 1. The lowest BCUT2D eigenvalue weighted by atomic mass is 10.3. The molecule has 10 nitrogen and oxygen atoms in total. The summed E-state index contributed by atoms with van der Waals surface area (Å²) in [6, 6.07) is 4.18. The van der Waals surface area contributed by atoms with Crippen LogP contribution in [0.5, 0.6) is 0 Å². The predicted molar refractivity (Wildman–Crippen MR) is 66.9 cm³/mol. The second-order valence-electron chi connectivity index (χ2n) is 4.06. The fourth-order valence-electron chi connectivity index (χ4n) is 1.69. The van der Waals surface area contributed by atoms with Gasteiger partial charge in [0, 0.05) is 12.1 Å². The van der Waals surface area contributed by atoms with Gasteiger partial charge in [-0.3, -0.25) is 10.1 Å². The molecule has 0 aliphatic heterocycles. The van der Waals surface area contributed by atoms with Crippen molar-refractivity contribution in [2.24, 2.45) is 0 Å². The molecule has 20 heavy (non-hydrogen) atoms. The predicted octanol–water partition coefficient (Wildman–Crippen LogP) is 1.42. The molecule has 0 bridgehead atoms. The third-order valence-electron chi connectivity index (χ3n) is 2.67. The van der Waals surface area contributed by atoms with Crippen LogP contribution in [0, 0.1) is 10.1 Å². The first-order chi connectivity index (χ1) is 9.63. The third kappa shape index (κ3) is 2.13. The number of aromatic amines is 1. The van der Waals surface area contributed by atoms with Crippen LogP contribution < -0.4 is 5.32 Å². The molecule has 10 heteroatoms. The van der Waals surface area contributed by atoms with Crippen molar-refractivity contribution in [3.8, 4) is 0 Å². The van der Waals surface area contributed by atoms with E-state index < -0.39 is 4.92 Å². The summed E-state index contributed by atoms with van der Waals surface area (Å²) >= 11 is 0. The molecule has 0 fully saturated rings. The number of nitro benzene ring substituents is 1. The van der Waals surface area contributed by atoms with Gasteiger partial charge >= 0.3 is 0 Å². The fourth-order valence-corrected chi connectivity index (χ4v) is 1.69. The molecule has 0 spiro atoms. The summed E-state index contributed by atoms with van der Waals surface area (Å²) in [6.45, 7) is 1.81. The Morgan fingerprint density at radius 3 is 3.05 bits per heavy atom. The molecule has 0 amide bonds. The Kier molecular flexibility index (Phi) is 2.75. The maximum atomic E-state index is 10.7. The lowest BCUT2D eigenvalue weighted by Crippen LogP contribution is -2.08. The number of benzene rings is 1. The highest BCUT2D eigenvalue weighted by atomic mass is 16.6. The van der Waals surface area contributed by atoms with E-state index in [0.717, 1.165) is 0 Å². The Bertz CT molecular complexity index is 751. The van der Waals surface area contributed by atoms with Gasteiger partial charge in [0.1, 0.15) is 5.52 Å². The molecule has 2 N–H and O–H groups in total. The molecule has 1 aromatic carbocycles. The monoisotopic (exact) mass is 275 g/mol. The molecule has 2 aromatic heterocycles. The van der Waals surface area contributed by atoms with Crippen LogP contribution in [0.3, 0.4) is 0 Å². The molecule has 0 saturated heterocycles. The summed E-state index contributed by atoms with van der Waals surface area (Å²) < 4.78 is 5.44. The van der Waals surface area contributed by atoms with E-state index in [2.05, 4.69) is 30.9 Å². The van der Waals surface area contributed by atoms with Crippen LogP contribution in [-0.2, 0) is 0 Å². The van der Waals surface area contributed by atoms with Crippen molar-refractivity contribution < 1.29 is 9.34 Å². The molecule has 0 aliphatic rings. The van der Waals surface area contributed by atoms with Gasteiger partial charge < -0.3 is 9.73 Å². The van der Waals surface area contributed by atoms with E-state index in [9.17, 15) is 10.1 Å². The Balaban J connectivity index is 1.87. The number of H-pyrrole nitrogens is 1. The number of rotatable bonds is 4. The van der Waals surface area contributed by atoms with Gasteiger partial charge in [0.05, 0.1) is 11.0 Å². The average molecular weight is 275 g/mol. The highest BCUT2D eigenvalue weighted by molar-refractivity contribution is 5.77. The van der Waals surface area contributed by atoms with Crippen molar-refractivity contribution >= 4 is 22.8 Å². The molecule has 1 atom stereocenters. The van der Waals surface area contributed by atoms with Crippen molar-refractivity contribution in [3.63, 3.8) is 0 Å². The van der Waals surface area contributed by atoms with Crippen molar-refractivity contribution in [3.05, 3.63) is 34.1 Å². The topological polar surface area (TPSA) is 136 Å². The van der Waals surface area contributed by atoms with Crippen molar-refractivity contribution in [1.82, 2.24) is 25.6 Å². The first kappa shape index (κ1) is 12.0. The molecule has 1 unspecified atom stereocenters.